The summed E-state index contributed by atoms with van der Waals surface area (Å²) in [5.74, 6) is 1.12. The molecule has 0 unspecified atom stereocenters. The summed E-state index contributed by atoms with van der Waals surface area (Å²) in [7, 11) is 0. The number of fused-ring (bicyclic) bond motifs is 1. The summed E-state index contributed by atoms with van der Waals surface area (Å²) >= 11 is 0. The second-order valence-electron chi connectivity index (χ2n) is 5.80. The van der Waals surface area contributed by atoms with E-state index in [0.29, 0.717) is 22.7 Å². The number of ether oxygens (including phenoxy) is 2. The van der Waals surface area contributed by atoms with Gasteiger partial charge in [-0.15, -0.1) is 0 Å². The number of para-hydroxylation sites is 1. The second-order valence-corrected chi connectivity index (χ2v) is 5.80. The van der Waals surface area contributed by atoms with Gasteiger partial charge in [0.05, 0.1) is 16.7 Å². The fraction of sp³-hybridized carbons (Fsp3) is 0.222. The van der Waals surface area contributed by atoms with Crippen LogP contribution in [0.15, 0.2) is 42.5 Å². The molecule has 1 amide bonds. The SMILES string of the molecule is CC(C)(C(=O)Nc1ccccc1C#N)c1ccc2c(c1)OCO2. The molecule has 3 rings (SSSR count). The number of nitrogens with zero attached hydrogens (tertiary/aromatic N) is 1. The minimum atomic E-state index is -0.788. The minimum absolute atomic E-state index is 0.195. The first kappa shape index (κ1) is 14.9. The number of anilines is 1. The predicted molar refractivity (Wildman–Crippen MR) is 85.4 cm³/mol. The smallest absolute Gasteiger partial charge is 0.234 e. The Hall–Kier alpha value is -3.00. The molecule has 1 aliphatic rings. The first-order chi connectivity index (χ1) is 11.0. The van der Waals surface area contributed by atoms with E-state index >= 15 is 0 Å². The predicted octanol–water partition coefficient (Wildman–Crippen LogP) is 3.20. The van der Waals surface area contributed by atoms with Crippen molar-refractivity contribution in [2.45, 2.75) is 19.3 Å². The monoisotopic (exact) mass is 308 g/mol. The van der Waals surface area contributed by atoms with Crippen molar-refractivity contribution in [1.29, 1.82) is 5.26 Å². The molecule has 1 heterocycles. The Labute approximate surface area is 134 Å². The van der Waals surface area contributed by atoms with Crippen LogP contribution in [0.5, 0.6) is 11.5 Å². The lowest BCUT2D eigenvalue weighted by Gasteiger charge is -2.24. The van der Waals surface area contributed by atoms with Crippen LogP contribution in [-0.2, 0) is 10.2 Å². The summed E-state index contributed by atoms with van der Waals surface area (Å²) < 4.78 is 10.7. The van der Waals surface area contributed by atoms with E-state index in [2.05, 4.69) is 11.4 Å². The van der Waals surface area contributed by atoms with E-state index in [1.54, 1.807) is 30.3 Å². The molecule has 2 aromatic rings. The van der Waals surface area contributed by atoms with Crippen LogP contribution < -0.4 is 14.8 Å². The molecule has 0 radical (unpaired) electrons. The van der Waals surface area contributed by atoms with Gasteiger partial charge in [-0.25, -0.2) is 0 Å². The van der Waals surface area contributed by atoms with Crippen molar-refractivity contribution < 1.29 is 14.3 Å². The highest BCUT2D eigenvalue weighted by molar-refractivity contribution is 5.99. The Morgan fingerprint density at radius 3 is 2.70 bits per heavy atom. The van der Waals surface area contributed by atoms with Crippen LogP contribution in [0, 0.1) is 11.3 Å². The molecule has 1 aliphatic heterocycles. The maximum absolute atomic E-state index is 12.7. The molecular formula is C18H16N2O3. The lowest BCUT2D eigenvalue weighted by atomic mass is 9.83. The van der Waals surface area contributed by atoms with Crippen molar-refractivity contribution in [3.05, 3.63) is 53.6 Å². The molecule has 0 atom stereocenters. The first-order valence-electron chi connectivity index (χ1n) is 7.23. The van der Waals surface area contributed by atoms with Gasteiger partial charge < -0.3 is 14.8 Å². The van der Waals surface area contributed by atoms with Gasteiger partial charge in [0.25, 0.3) is 0 Å². The molecule has 1 N–H and O–H groups in total. The molecule has 0 aromatic heterocycles. The summed E-state index contributed by atoms with van der Waals surface area (Å²) in [6.07, 6.45) is 0. The molecule has 0 saturated carbocycles. The fourth-order valence-electron chi connectivity index (χ4n) is 2.38. The molecule has 5 heteroatoms. The second kappa shape index (κ2) is 5.65. The lowest BCUT2D eigenvalue weighted by Crippen LogP contribution is -2.34. The number of nitriles is 1. The van der Waals surface area contributed by atoms with Crippen molar-refractivity contribution in [1.82, 2.24) is 0 Å². The number of benzene rings is 2. The van der Waals surface area contributed by atoms with Gasteiger partial charge in [0.2, 0.25) is 12.7 Å². The highest BCUT2D eigenvalue weighted by Crippen LogP contribution is 2.36. The van der Waals surface area contributed by atoms with Crippen LogP contribution in [0.3, 0.4) is 0 Å². The van der Waals surface area contributed by atoms with Gasteiger partial charge in [-0.3, -0.25) is 4.79 Å². The Kier molecular flexibility index (Phi) is 3.67. The van der Waals surface area contributed by atoms with Crippen LogP contribution >= 0.6 is 0 Å². The molecular weight excluding hydrogens is 292 g/mol. The standard InChI is InChI=1S/C18H16N2O3/c1-18(2,13-7-8-15-16(9-13)23-11-22-15)17(21)20-14-6-4-3-5-12(14)10-19/h3-9H,11H2,1-2H3,(H,20,21). The summed E-state index contributed by atoms with van der Waals surface area (Å²) in [5.41, 5.74) is 0.966. The highest BCUT2D eigenvalue weighted by Gasteiger charge is 2.31. The third-order valence-electron chi connectivity index (χ3n) is 3.96. The molecule has 116 valence electrons. The number of hydrogen-bond donors (Lipinski definition) is 1. The maximum Gasteiger partial charge on any atom is 0.234 e. The summed E-state index contributed by atoms with van der Waals surface area (Å²) in [6, 6.07) is 14.5. The topological polar surface area (TPSA) is 71.4 Å². The van der Waals surface area contributed by atoms with Crippen molar-refractivity contribution in [3.63, 3.8) is 0 Å². The molecule has 0 spiro atoms. The Morgan fingerprint density at radius 2 is 1.91 bits per heavy atom. The van der Waals surface area contributed by atoms with Gasteiger partial charge in [-0.1, -0.05) is 18.2 Å². The van der Waals surface area contributed by atoms with Gasteiger partial charge >= 0.3 is 0 Å². The Balaban J connectivity index is 1.87. The van der Waals surface area contributed by atoms with Crippen LogP contribution in [0.1, 0.15) is 25.0 Å². The number of rotatable bonds is 3. The number of nitrogens with one attached hydrogen (secondary N) is 1. The Bertz CT molecular complexity index is 806. The molecule has 2 aromatic carbocycles. The highest BCUT2D eigenvalue weighted by atomic mass is 16.7. The minimum Gasteiger partial charge on any atom is -0.454 e. The van der Waals surface area contributed by atoms with Crippen molar-refractivity contribution >= 4 is 11.6 Å². The fourth-order valence-corrected chi connectivity index (χ4v) is 2.38. The van der Waals surface area contributed by atoms with E-state index in [4.69, 9.17) is 14.7 Å². The van der Waals surface area contributed by atoms with Crippen molar-refractivity contribution in [3.8, 4) is 17.6 Å². The van der Waals surface area contributed by atoms with Crippen LogP contribution in [0.4, 0.5) is 5.69 Å². The van der Waals surface area contributed by atoms with E-state index in [0.717, 1.165) is 5.56 Å². The molecule has 0 bridgehead atoms. The van der Waals surface area contributed by atoms with Gasteiger partial charge in [0, 0.05) is 0 Å². The largest absolute Gasteiger partial charge is 0.454 e. The zero-order valence-electron chi connectivity index (χ0n) is 12.9. The van der Waals surface area contributed by atoms with E-state index in [1.165, 1.54) is 0 Å². The van der Waals surface area contributed by atoms with E-state index in [-0.39, 0.29) is 12.7 Å². The first-order valence-corrected chi connectivity index (χ1v) is 7.23. The number of carbonyl (C=O) groups is 1. The molecule has 0 saturated heterocycles. The molecule has 0 aliphatic carbocycles. The lowest BCUT2D eigenvalue weighted by molar-refractivity contribution is -0.120. The zero-order valence-corrected chi connectivity index (χ0v) is 12.9. The van der Waals surface area contributed by atoms with E-state index < -0.39 is 5.41 Å². The summed E-state index contributed by atoms with van der Waals surface area (Å²) in [6.45, 7) is 3.85. The average Bonchev–Trinajstić information content (AvgIpc) is 3.02. The van der Waals surface area contributed by atoms with Gasteiger partial charge in [0.1, 0.15) is 6.07 Å². The van der Waals surface area contributed by atoms with E-state index in [9.17, 15) is 4.79 Å². The normalized spacial score (nSPS) is 12.6. The summed E-state index contributed by atoms with van der Waals surface area (Å²) in [5, 5.41) is 12.0. The zero-order chi connectivity index (χ0) is 16.4. The Morgan fingerprint density at radius 1 is 1.17 bits per heavy atom. The van der Waals surface area contributed by atoms with Crippen LogP contribution in [0.25, 0.3) is 0 Å². The van der Waals surface area contributed by atoms with E-state index in [1.807, 2.05) is 26.0 Å². The van der Waals surface area contributed by atoms with Crippen LogP contribution in [-0.4, -0.2) is 12.7 Å². The molecule has 23 heavy (non-hydrogen) atoms. The average molecular weight is 308 g/mol. The molecule has 5 nitrogen and oxygen atoms in total. The van der Waals surface area contributed by atoms with Gasteiger partial charge in [-0.2, -0.15) is 5.26 Å². The third kappa shape index (κ3) is 2.71. The molecule has 0 fully saturated rings. The number of amides is 1. The maximum atomic E-state index is 12.7. The number of hydrogen-bond acceptors (Lipinski definition) is 4. The van der Waals surface area contributed by atoms with Crippen molar-refractivity contribution in [2.24, 2.45) is 0 Å². The van der Waals surface area contributed by atoms with Crippen LogP contribution in [0.2, 0.25) is 0 Å². The summed E-state index contributed by atoms with van der Waals surface area (Å²) in [4.78, 5) is 12.7. The van der Waals surface area contributed by atoms with Crippen molar-refractivity contribution in [2.75, 3.05) is 12.1 Å². The quantitative estimate of drug-likeness (QED) is 0.945. The third-order valence-corrected chi connectivity index (χ3v) is 3.96. The van der Waals surface area contributed by atoms with Gasteiger partial charge in [0.15, 0.2) is 11.5 Å². The number of carbonyl (C=O) groups excluding carboxylic acids is 1. The van der Waals surface area contributed by atoms with Gasteiger partial charge in [-0.05, 0) is 43.7 Å².